The lowest BCUT2D eigenvalue weighted by molar-refractivity contribution is 0.101. The second kappa shape index (κ2) is 6.22. The van der Waals surface area contributed by atoms with Crippen LogP contribution in [0.4, 0.5) is 0 Å². The summed E-state index contributed by atoms with van der Waals surface area (Å²) in [5.41, 5.74) is 1.37. The molecule has 5 heteroatoms. The Bertz CT molecular complexity index is 684. The molecule has 1 saturated heterocycles. The lowest BCUT2D eigenvalue weighted by Gasteiger charge is -2.40. The number of hydrogen-bond donors (Lipinski definition) is 1. The number of rotatable bonds is 4. The maximum atomic E-state index is 12.1. The summed E-state index contributed by atoms with van der Waals surface area (Å²) in [5, 5.41) is 10.0. The highest BCUT2D eigenvalue weighted by Gasteiger charge is 2.48. The van der Waals surface area contributed by atoms with Gasteiger partial charge in [-0.25, -0.2) is 0 Å². The molecule has 1 fully saturated rings. The molecule has 1 aromatic rings. The third-order valence-electron chi connectivity index (χ3n) is 5.48. The molecule has 3 rings (SSSR count). The monoisotopic (exact) mass is 331 g/mol. The van der Waals surface area contributed by atoms with Crippen molar-refractivity contribution in [3.8, 4) is 11.5 Å². The van der Waals surface area contributed by atoms with Crippen LogP contribution in [0.1, 0.15) is 35.7 Å². The molecule has 0 unspecified atom stereocenters. The van der Waals surface area contributed by atoms with E-state index >= 15 is 0 Å². The number of aliphatic hydroxyl groups excluding tert-OH is 1. The van der Waals surface area contributed by atoms with E-state index < -0.39 is 6.10 Å². The number of nitrogens with zero attached hydrogens (tertiary/aromatic N) is 1. The predicted molar refractivity (Wildman–Crippen MR) is 92.0 cm³/mol. The minimum atomic E-state index is -0.420. The summed E-state index contributed by atoms with van der Waals surface area (Å²) in [6, 6.07) is 4.10. The number of methoxy groups -OCH3 is 2. The number of ether oxygens (including phenoxy) is 2. The van der Waals surface area contributed by atoms with E-state index in [0.717, 1.165) is 18.5 Å². The lowest BCUT2D eigenvalue weighted by atomic mass is 9.69. The fourth-order valence-corrected chi connectivity index (χ4v) is 4.18. The van der Waals surface area contributed by atoms with Crippen molar-refractivity contribution < 1.29 is 19.4 Å². The summed E-state index contributed by atoms with van der Waals surface area (Å²) in [6.45, 7) is 2.49. The Morgan fingerprint density at radius 1 is 1.33 bits per heavy atom. The number of fused-ring (bicyclic) bond motifs is 1. The van der Waals surface area contributed by atoms with Gasteiger partial charge in [-0.2, -0.15) is 0 Å². The van der Waals surface area contributed by atoms with Crippen LogP contribution in [0, 0.1) is 0 Å². The number of carbonyl (C=O) groups excluding carboxylic acids is 1. The van der Waals surface area contributed by atoms with Crippen LogP contribution in [0.2, 0.25) is 0 Å². The Balaban J connectivity index is 2.19. The molecule has 2 aliphatic rings. The van der Waals surface area contributed by atoms with Gasteiger partial charge in [0.2, 0.25) is 0 Å². The molecule has 3 atom stereocenters. The summed E-state index contributed by atoms with van der Waals surface area (Å²) in [4.78, 5) is 14.4. The van der Waals surface area contributed by atoms with E-state index in [1.54, 1.807) is 14.2 Å². The molecule has 5 nitrogen and oxygen atoms in total. The molecule has 0 radical (unpaired) electrons. The van der Waals surface area contributed by atoms with Crippen molar-refractivity contribution in [2.75, 3.05) is 27.8 Å². The minimum Gasteiger partial charge on any atom is -0.493 e. The smallest absolute Gasteiger partial charge is 0.171 e. The largest absolute Gasteiger partial charge is 0.493 e. The molecule has 1 heterocycles. The molecular weight excluding hydrogens is 306 g/mol. The molecule has 0 aromatic heterocycles. The van der Waals surface area contributed by atoms with Crippen LogP contribution in [0.25, 0.3) is 0 Å². The summed E-state index contributed by atoms with van der Waals surface area (Å²) in [7, 11) is 5.22. The van der Waals surface area contributed by atoms with Crippen molar-refractivity contribution in [3.63, 3.8) is 0 Å². The molecule has 0 amide bonds. The number of likely N-dealkylation sites (tertiary alicyclic amines) is 1. The maximum Gasteiger partial charge on any atom is 0.171 e. The Morgan fingerprint density at radius 2 is 2.08 bits per heavy atom. The average molecular weight is 331 g/mol. The summed E-state index contributed by atoms with van der Waals surface area (Å²) in [5.74, 6) is 1.00. The number of hydrogen-bond acceptors (Lipinski definition) is 5. The third kappa shape index (κ3) is 2.52. The number of Topliss-reactive ketones (excluding diaryl/α,β-unsaturated/α-hetero) is 1. The second-order valence-corrected chi connectivity index (χ2v) is 6.76. The minimum absolute atomic E-state index is 0.0499. The van der Waals surface area contributed by atoms with Gasteiger partial charge in [0.15, 0.2) is 17.3 Å². The quantitative estimate of drug-likeness (QED) is 0.677. The van der Waals surface area contributed by atoms with E-state index in [0.29, 0.717) is 23.5 Å². The van der Waals surface area contributed by atoms with Crippen LogP contribution in [0.3, 0.4) is 0 Å². The van der Waals surface area contributed by atoms with Crippen LogP contribution in [0.15, 0.2) is 24.3 Å². The summed E-state index contributed by atoms with van der Waals surface area (Å²) < 4.78 is 10.9. The molecule has 0 bridgehead atoms. The molecule has 1 N–H and O–H groups in total. The van der Waals surface area contributed by atoms with E-state index in [2.05, 4.69) is 18.0 Å². The molecule has 24 heavy (non-hydrogen) atoms. The van der Waals surface area contributed by atoms with E-state index in [9.17, 15) is 9.90 Å². The summed E-state index contributed by atoms with van der Waals surface area (Å²) >= 11 is 0. The third-order valence-corrected chi connectivity index (χ3v) is 5.48. The van der Waals surface area contributed by atoms with Crippen molar-refractivity contribution in [1.29, 1.82) is 0 Å². The number of likely N-dealkylation sites (N-methyl/N-ethyl adjacent to an activating group) is 1. The second-order valence-electron chi connectivity index (χ2n) is 6.76. The Labute approximate surface area is 142 Å². The zero-order chi connectivity index (χ0) is 17.5. The van der Waals surface area contributed by atoms with Crippen molar-refractivity contribution >= 4 is 5.78 Å². The molecule has 0 spiro atoms. The van der Waals surface area contributed by atoms with Gasteiger partial charge in [-0.05, 0) is 51.1 Å². The fraction of sp³-hybridized carbons (Fsp3) is 0.526. The van der Waals surface area contributed by atoms with Crippen molar-refractivity contribution in [2.45, 2.75) is 37.3 Å². The van der Waals surface area contributed by atoms with Gasteiger partial charge in [-0.1, -0.05) is 12.2 Å². The van der Waals surface area contributed by atoms with Gasteiger partial charge in [0.25, 0.3) is 0 Å². The highest BCUT2D eigenvalue weighted by molar-refractivity contribution is 5.98. The number of carbonyl (C=O) groups is 1. The zero-order valence-corrected chi connectivity index (χ0v) is 14.7. The Hall–Kier alpha value is -1.85. The van der Waals surface area contributed by atoms with Gasteiger partial charge in [-0.3, -0.25) is 4.79 Å². The van der Waals surface area contributed by atoms with Crippen molar-refractivity contribution in [3.05, 3.63) is 35.4 Å². The molecule has 1 aromatic carbocycles. The topological polar surface area (TPSA) is 59.0 Å². The predicted octanol–water partition coefficient (Wildman–Crippen LogP) is 2.17. The SMILES string of the molecule is COc1cc([C@@]23C=C[C@H](O)C[C@@H]2N(C)CC3)cc(C(C)=O)c1OC. The van der Waals surface area contributed by atoms with Crippen LogP contribution in [-0.2, 0) is 5.41 Å². The number of ketones is 1. The first-order chi connectivity index (χ1) is 11.4. The maximum absolute atomic E-state index is 12.1. The molecule has 130 valence electrons. The highest BCUT2D eigenvalue weighted by atomic mass is 16.5. The molecule has 1 aliphatic heterocycles. The van der Waals surface area contributed by atoms with E-state index in [4.69, 9.17) is 9.47 Å². The van der Waals surface area contributed by atoms with Crippen LogP contribution in [0.5, 0.6) is 11.5 Å². The van der Waals surface area contributed by atoms with E-state index in [1.165, 1.54) is 6.92 Å². The first-order valence-electron chi connectivity index (χ1n) is 8.28. The van der Waals surface area contributed by atoms with Gasteiger partial charge in [0.1, 0.15) is 0 Å². The van der Waals surface area contributed by atoms with E-state index in [-0.39, 0.29) is 17.2 Å². The molecule has 0 saturated carbocycles. The normalized spacial score (nSPS) is 29.4. The van der Waals surface area contributed by atoms with Gasteiger partial charge < -0.3 is 19.5 Å². The summed E-state index contributed by atoms with van der Waals surface area (Å²) in [6.07, 6.45) is 5.21. The zero-order valence-electron chi connectivity index (χ0n) is 14.7. The highest BCUT2D eigenvalue weighted by Crippen LogP contribution is 2.48. The standard InChI is InChI=1S/C19H25NO4/c1-12(21)15-9-13(10-16(23-3)18(15)24-4)19-6-5-14(22)11-17(19)20(2)8-7-19/h5-6,9-10,14,17,22H,7-8,11H2,1-4H3/t14-,17-,19-/m0/s1. The fourth-order valence-electron chi connectivity index (χ4n) is 4.18. The Kier molecular flexibility index (Phi) is 4.40. The van der Waals surface area contributed by atoms with Crippen LogP contribution < -0.4 is 9.47 Å². The van der Waals surface area contributed by atoms with Gasteiger partial charge in [0.05, 0.1) is 25.9 Å². The average Bonchev–Trinajstić information content (AvgIpc) is 2.91. The van der Waals surface area contributed by atoms with Crippen molar-refractivity contribution in [2.24, 2.45) is 0 Å². The van der Waals surface area contributed by atoms with Crippen LogP contribution >= 0.6 is 0 Å². The van der Waals surface area contributed by atoms with E-state index in [1.807, 2.05) is 18.2 Å². The molecule has 1 aliphatic carbocycles. The van der Waals surface area contributed by atoms with Crippen molar-refractivity contribution in [1.82, 2.24) is 4.90 Å². The molecular formula is C19H25NO4. The van der Waals surface area contributed by atoms with Gasteiger partial charge in [-0.15, -0.1) is 0 Å². The number of aliphatic hydroxyl groups is 1. The van der Waals surface area contributed by atoms with Gasteiger partial charge in [0, 0.05) is 11.5 Å². The Morgan fingerprint density at radius 3 is 2.71 bits per heavy atom. The van der Waals surface area contributed by atoms with Gasteiger partial charge >= 0.3 is 0 Å². The van der Waals surface area contributed by atoms with Crippen LogP contribution in [-0.4, -0.2) is 55.7 Å². The lowest BCUT2D eigenvalue weighted by Crippen LogP contribution is -2.44. The first-order valence-corrected chi connectivity index (χ1v) is 8.28. The number of benzene rings is 1. The first kappa shape index (κ1) is 17.0.